The Morgan fingerprint density at radius 1 is 0.556 bits per heavy atom. The van der Waals surface area contributed by atoms with E-state index in [4.69, 9.17) is 15.0 Å². The second-order valence-corrected chi connectivity index (χ2v) is 13.3. The summed E-state index contributed by atoms with van der Waals surface area (Å²) < 4.78 is 0. The molecule has 1 heterocycles. The highest BCUT2D eigenvalue weighted by Crippen LogP contribution is 2.54. The van der Waals surface area contributed by atoms with Crippen molar-refractivity contribution in [3.05, 3.63) is 114 Å². The molecular formula is C40H35N5. The van der Waals surface area contributed by atoms with Gasteiger partial charge in [0.25, 0.3) is 0 Å². The summed E-state index contributed by atoms with van der Waals surface area (Å²) in [6.45, 7) is 4.86. The average Bonchev–Trinajstić information content (AvgIpc) is 3.07. The molecule has 2 unspecified atom stereocenters. The Labute approximate surface area is 265 Å². The van der Waals surface area contributed by atoms with E-state index >= 15 is 0 Å². The zero-order valence-corrected chi connectivity index (χ0v) is 25.7. The molecule has 5 heteroatoms. The van der Waals surface area contributed by atoms with Gasteiger partial charge in [-0.1, -0.05) is 68.4 Å². The third-order valence-corrected chi connectivity index (χ3v) is 9.72. The fourth-order valence-corrected chi connectivity index (χ4v) is 8.11. The molecule has 0 radical (unpaired) electrons. The molecule has 0 N–H and O–H groups in total. The first-order valence-corrected chi connectivity index (χ1v) is 15.9. The van der Waals surface area contributed by atoms with Gasteiger partial charge in [0.2, 0.25) is 0 Å². The molecule has 2 aliphatic rings. The highest BCUT2D eigenvalue weighted by Gasteiger charge is 2.45. The molecule has 5 nitrogen and oxygen atoms in total. The summed E-state index contributed by atoms with van der Waals surface area (Å²) in [6.07, 6.45) is 6.57. The van der Waals surface area contributed by atoms with E-state index in [1.54, 1.807) is 12.1 Å². The van der Waals surface area contributed by atoms with Crippen molar-refractivity contribution in [1.29, 1.82) is 10.5 Å². The van der Waals surface area contributed by atoms with Gasteiger partial charge < -0.3 is 0 Å². The zero-order chi connectivity index (χ0) is 31.0. The van der Waals surface area contributed by atoms with Crippen LogP contribution < -0.4 is 0 Å². The Morgan fingerprint density at radius 2 is 1.09 bits per heavy atom. The Morgan fingerprint density at radius 3 is 1.69 bits per heavy atom. The standard InChI is InChI=1S/C40H35N5/c1-26-16-29-17-27(2)22-40(21-26,23-29)36-14-12-31(13-15-36)34-18-30(25-42)19-35(20-34)39-44-37(32-6-4-3-5-7-32)43-38(45-39)33-10-8-28(24-41)9-11-33/h3-15,18-20,26-27,29H,16-17,21-23H2,1-2H3/t26-,27+,29?,40?. The molecular weight excluding hydrogens is 550 g/mol. The van der Waals surface area contributed by atoms with Crippen LogP contribution in [0, 0.1) is 40.4 Å². The minimum Gasteiger partial charge on any atom is -0.208 e. The van der Waals surface area contributed by atoms with E-state index in [2.05, 4.69) is 56.3 Å². The maximum absolute atomic E-state index is 10.0. The lowest BCUT2D eigenvalue weighted by Gasteiger charge is -2.50. The summed E-state index contributed by atoms with van der Waals surface area (Å²) in [7, 11) is 0. The summed E-state index contributed by atoms with van der Waals surface area (Å²) in [5, 5.41) is 19.3. The van der Waals surface area contributed by atoms with Gasteiger partial charge >= 0.3 is 0 Å². The number of benzene rings is 4. The zero-order valence-electron chi connectivity index (χ0n) is 25.7. The van der Waals surface area contributed by atoms with Gasteiger partial charge in [-0.3, -0.25) is 0 Å². The van der Waals surface area contributed by atoms with Crippen molar-refractivity contribution in [1.82, 2.24) is 15.0 Å². The van der Waals surface area contributed by atoms with Gasteiger partial charge in [-0.05, 0) is 114 Å². The fraction of sp³-hybridized carbons (Fsp3) is 0.275. The van der Waals surface area contributed by atoms with E-state index in [0.29, 0.717) is 28.6 Å². The van der Waals surface area contributed by atoms with Gasteiger partial charge in [0.1, 0.15) is 0 Å². The van der Waals surface area contributed by atoms with Gasteiger partial charge in [-0.2, -0.15) is 10.5 Å². The molecule has 1 aromatic heterocycles. The quantitative estimate of drug-likeness (QED) is 0.205. The van der Waals surface area contributed by atoms with Gasteiger partial charge in [0.15, 0.2) is 17.5 Å². The van der Waals surface area contributed by atoms with Crippen molar-refractivity contribution in [2.24, 2.45) is 17.8 Å². The van der Waals surface area contributed by atoms with Crippen molar-refractivity contribution in [2.75, 3.05) is 0 Å². The molecule has 5 aromatic rings. The first-order valence-electron chi connectivity index (χ1n) is 15.9. The molecule has 4 atom stereocenters. The van der Waals surface area contributed by atoms with Crippen LogP contribution in [-0.4, -0.2) is 15.0 Å². The van der Waals surface area contributed by atoms with Gasteiger partial charge in [-0.25, -0.2) is 15.0 Å². The lowest BCUT2D eigenvalue weighted by Crippen LogP contribution is -2.42. The topological polar surface area (TPSA) is 86.2 Å². The number of aromatic nitrogens is 3. The normalized spacial score (nSPS) is 22.3. The predicted octanol–water partition coefficient (Wildman–Crippen LogP) is 9.39. The van der Waals surface area contributed by atoms with Crippen LogP contribution >= 0.6 is 0 Å². The summed E-state index contributed by atoms with van der Waals surface area (Å²) in [4.78, 5) is 14.6. The number of fused-ring (bicyclic) bond motifs is 2. The van der Waals surface area contributed by atoms with Crippen LogP contribution in [0.4, 0.5) is 0 Å². The highest BCUT2D eigenvalue weighted by atomic mass is 15.0. The highest BCUT2D eigenvalue weighted by molar-refractivity contribution is 5.74. The van der Waals surface area contributed by atoms with Crippen LogP contribution in [0.3, 0.4) is 0 Å². The van der Waals surface area contributed by atoms with Crippen LogP contribution in [0.25, 0.3) is 45.3 Å². The lowest BCUT2D eigenvalue weighted by atomic mass is 9.54. The molecule has 4 aromatic carbocycles. The maximum Gasteiger partial charge on any atom is 0.164 e. The van der Waals surface area contributed by atoms with Crippen LogP contribution in [0.5, 0.6) is 0 Å². The third kappa shape index (κ3) is 5.75. The monoisotopic (exact) mass is 585 g/mol. The smallest absolute Gasteiger partial charge is 0.164 e. The van der Waals surface area contributed by atoms with E-state index in [9.17, 15) is 10.5 Å². The molecule has 2 bridgehead atoms. The molecule has 0 amide bonds. The maximum atomic E-state index is 10.0. The van der Waals surface area contributed by atoms with Crippen LogP contribution in [-0.2, 0) is 5.41 Å². The lowest BCUT2D eigenvalue weighted by molar-refractivity contribution is 0.0780. The van der Waals surface area contributed by atoms with E-state index in [1.807, 2.05) is 54.6 Å². The number of hydrogen-bond donors (Lipinski definition) is 0. The average molecular weight is 586 g/mol. The molecule has 0 spiro atoms. The predicted molar refractivity (Wildman–Crippen MR) is 178 cm³/mol. The van der Waals surface area contributed by atoms with Crippen molar-refractivity contribution in [3.63, 3.8) is 0 Å². The summed E-state index contributed by atoms with van der Waals surface area (Å²) in [6, 6.07) is 36.6. The van der Waals surface area contributed by atoms with E-state index < -0.39 is 0 Å². The molecule has 0 saturated heterocycles. The second kappa shape index (κ2) is 11.8. The Bertz CT molecular complexity index is 1910. The number of hydrogen-bond acceptors (Lipinski definition) is 5. The number of nitriles is 2. The Balaban J connectivity index is 1.29. The van der Waals surface area contributed by atoms with Crippen LogP contribution in [0.15, 0.2) is 97.1 Å². The summed E-state index contributed by atoms with van der Waals surface area (Å²) >= 11 is 0. The molecule has 220 valence electrons. The van der Waals surface area contributed by atoms with Crippen molar-refractivity contribution >= 4 is 0 Å². The van der Waals surface area contributed by atoms with Gasteiger partial charge in [0, 0.05) is 16.7 Å². The third-order valence-electron chi connectivity index (χ3n) is 9.72. The summed E-state index contributed by atoms with van der Waals surface area (Å²) in [5.74, 6) is 3.92. The minimum atomic E-state index is 0.277. The SMILES string of the molecule is C[C@@H]1CC2C[C@H](C)CC(c3ccc(-c4cc(C#N)cc(-c5nc(-c6ccccc6)nc(-c6ccc(C#N)cc6)n5)c4)cc3)(C2)C1. The van der Waals surface area contributed by atoms with E-state index in [1.165, 1.54) is 37.7 Å². The van der Waals surface area contributed by atoms with Crippen molar-refractivity contribution < 1.29 is 0 Å². The largest absolute Gasteiger partial charge is 0.208 e. The van der Waals surface area contributed by atoms with E-state index in [0.717, 1.165) is 45.6 Å². The fourth-order valence-electron chi connectivity index (χ4n) is 8.11. The molecule has 2 aliphatic carbocycles. The second-order valence-electron chi connectivity index (χ2n) is 13.3. The first kappa shape index (κ1) is 28.6. The number of rotatable bonds is 5. The van der Waals surface area contributed by atoms with Crippen LogP contribution in [0.1, 0.15) is 62.6 Å². The van der Waals surface area contributed by atoms with E-state index in [-0.39, 0.29) is 5.41 Å². The van der Waals surface area contributed by atoms with Gasteiger partial charge in [0.05, 0.1) is 23.3 Å². The van der Waals surface area contributed by atoms with Crippen LogP contribution in [0.2, 0.25) is 0 Å². The summed E-state index contributed by atoms with van der Waals surface area (Å²) in [5.41, 5.74) is 7.31. The Hall–Kier alpha value is -5.13. The van der Waals surface area contributed by atoms with Gasteiger partial charge in [-0.15, -0.1) is 0 Å². The molecule has 0 aliphatic heterocycles. The van der Waals surface area contributed by atoms with Crippen molar-refractivity contribution in [3.8, 4) is 57.4 Å². The molecule has 7 rings (SSSR count). The van der Waals surface area contributed by atoms with Crippen molar-refractivity contribution in [2.45, 2.75) is 51.4 Å². The number of nitrogens with zero attached hydrogens (tertiary/aromatic N) is 5. The minimum absolute atomic E-state index is 0.277. The first-order chi connectivity index (χ1) is 21.9. The Kier molecular flexibility index (Phi) is 7.48. The molecule has 2 fully saturated rings. The molecule has 2 saturated carbocycles. The molecule has 45 heavy (non-hydrogen) atoms.